The molecule has 0 unspecified atom stereocenters. The minimum atomic E-state index is -1.15. The molecule has 128 valence electrons. The summed E-state index contributed by atoms with van der Waals surface area (Å²) in [6, 6.07) is 3.92. The SMILES string of the molecule is CCc1cccnc1C(=O)N1CC[C@](O)(c2cn(C(C)C)nn2)C1. The van der Waals surface area contributed by atoms with Crippen molar-refractivity contribution < 1.29 is 9.90 Å². The molecule has 1 amide bonds. The molecule has 1 aliphatic rings. The maximum Gasteiger partial charge on any atom is 0.272 e. The zero-order valence-electron chi connectivity index (χ0n) is 14.3. The van der Waals surface area contributed by atoms with Crippen LogP contribution in [0, 0.1) is 0 Å². The lowest BCUT2D eigenvalue weighted by Crippen LogP contribution is -2.35. The van der Waals surface area contributed by atoms with Crippen molar-refractivity contribution in [2.24, 2.45) is 0 Å². The van der Waals surface area contributed by atoms with Gasteiger partial charge in [-0.3, -0.25) is 9.78 Å². The Bertz CT molecular complexity index is 742. The van der Waals surface area contributed by atoms with Crippen molar-refractivity contribution in [1.82, 2.24) is 24.9 Å². The Morgan fingerprint density at radius 1 is 1.46 bits per heavy atom. The van der Waals surface area contributed by atoms with E-state index in [9.17, 15) is 9.90 Å². The van der Waals surface area contributed by atoms with Gasteiger partial charge in [0.25, 0.3) is 5.91 Å². The van der Waals surface area contributed by atoms with Gasteiger partial charge in [-0.05, 0) is 31.9 Å². The molecule has 0 spiro atoms. The average molecular weight is 329 g/mol. The van der Waals surface area contributed by atoms with Gasteiger partial charge in [-0.2, -0.15) is 0 Å². The molecular formula is C17H23N5O2. The Morgan fingerprint density at radius 3 is 2.92 bits per heavy atom. The van der Waals surface area contributed by atoms with Crippen molar-refractivity contribution in [2.45, 2.75) is 45.3 Å². The summed E-state index contributed by atoms with van der Waals surface area (Å²) in [7, 11) is 0. The fraction of sp³-hybridized carbons (Fsp3) is 0.529. The number of aliphatic hydroxyl groups is 1. The molecule has 7 heteroatoms. The number of amides is 1. The quantitative estimate of drug-likeness (QED) is 0.920. The Labute approximate surface area is 141 Å². The normalized spacial score (nSPS) is 20.8. The first kappa shape index (κ1) is 16.6. The van der Waals surface area contributed by atoms with Crippen LogP contribution in [0.25, 0.3) is 0 Å². The topological polar surface area (TPSA) is 84.1 Å². The zero-order chi connectivity index (χ0) is 17.3. The second-order valence-corrected chi connectivity index (χ2v) is 6.55. The van der Waals surface area contributed by atoms with Gasteiger partial charge in [-0.25, -0.2) is 4.68 Å². The van der Waals surface area contributed by atoms with E-state index in [2.05, 4.69) is 15.3 Å². The van der Waals surface area contributed by atoms with E-state index < -0.39 is 5.60 Å². The monoisotopic (exact) mass is 329 g/mol. The van der Waals surface area contributed by atoms with Gasteiger partial charge < -0.3 is 10.0 Å². The Hall–Kier alpha value is -2.28. The van der Waals surface area contributed by atoms with Crippen molar-refractivity contribution >= 4 is 5.91 Å². The van der Waals surface area contributed by atoms with E-state index in [0.717, 1.165) is 12.0 Å². The summed E-state index contributed by atoms with van der Waals surface area (Å²) < 4.78 is 1.71. The second-order valence-electron chi connectivity index (χ2n) is 6.55. The van der Waals surface area contributed by atoms with E-state index in [0.29, 0.717) is 24.4 Å². The minimum absolute atomic E-state index is 0.139. The van der Waals surface area contributed by atoms with Gasteiger partial charge in [0, 0.05) is 25.2 Å². The summed E-state index contributed by atoms with van der Waals surface area (Å²) in [5.74, 6) is -0.139. The molecule has 0 aromatic carbocycles. The van der Waals surface area contributed by atoms with Crippen molar-refractivity contribution in [3.8, 4) is 0 Å². The Balaban J connectivity index is 1.80. The van der Waals surface area contributed by atoms with Crippen LogP contribution in [0.2, 0.25) is 0 Å². The van der Waals surface area contributed by atoms with E-state index >= 15 is 0 Å². The van der Waals surface area contributed by atoms with Crippen LogP contribution >= 0.6 is 0 Å². The van der Waals surface area contributed by atoms with Crippen LogP contribution in [0.1, 0.15) is 55.0 Å². The van der Waals surface area contributed by atoms with Crippen LogP contribution in [-0.4, -0.2) is 49.0 Å². The molecule has 3 heterocycles. The number of pyridine rings is 1. The number of rotatable bonds is 4. The summed E-state index contributed by atoms with van der Waals surface area (Å²) in [5, 5.41) is 19.1. The maximum atomic E-state index is 12.8. The number of carbonyl (C=O) groups is 1. The summed E-state index contributed by atoms with van der Waals surface area (Å²) in [6.45, 7) is 6.69. The molecule has 0 saturated carbocycles. The van der Waals surface area contributed by atoms with Gasteiger partial charge in [-0.1, -0.05) is 18.2 Å². The van der Waals surface area contributed by atoms with Gasteiger partial charge in [0.1, 0.15) is 17.0 Å². The first-order chi connectivity index (χ1) is 11.4. The van der Waals surface area contributed by atoms with E-state index in [-0.39, 0.29) is 18.5 Å². The number of aromatic nitrogens is 4. The minimum Gasteiger partial charge on any atom is -0.381 e. The number of nitrogens with zero attached hydrogens (tertiary/aromatic N) is 5. The van der Waals surface area contributed by atoms with E-state index in [1.807, 2.05) is 32.9 Å². The molecule has 0 aliphatic carbocycles. The molecule has 2 aromatic rings. The summed E-state index contributed by atoms with van der Waals surface area (Å²) in [5.41, 5.74) is 0.756. The average Bonchev–Trinajstić information content (AvgIpc) is 3.22. The molecule has 2 aromatic heterocycles. The largest absolute Gasteiger partial charge is 0.381 e. The summed E-state index contributed by atoms with van der Waals surface area (Å²) in [4.78, 5) is 18.7. The smallest absolute Gasteiger partial charge is 0.272 e. The van der Waals surface area contributed by atoms with Gasteiger partial charge in [0.2, 0.25) is 0 Å². The zero-order valence-corrected chi connectivity index (χ0v) is 14.3. The number of hydrogen-bond donors (Lipinski definition) is 1. The van der Waals surface area contributed by atoms with Crippen molar-refractivity contribution in [3.05, 3.63) is 41.5 Å². The lowest BCUT2D eigenvalue weighted by molar-refractivity contribution is 0.0379. The van der Waals surface area contributed by atoms with Crippen LogP contribution in [0.4, 0.5) is 0 Å². The highest BCUT2D eigenvalue weighted by Gasteiger charge is 2.42. The number of carbonyl (C=O) groups excluding carboxylic acids is 1. The van der Waals surface area contributed by atoms with Crippen LogP contribution in [-0.2, 0) is 12.0 Å². The van der Waals surface area contributed by atoms with Gasteiger partial charge in [0.15, 0.2) is 0 Å². The predicted molar refractivity (Wildman–Crippen MR) is 88.4 cm³/mol. The highest BCUT2D eigenvalue weighted by Crippen LogP contribution is 2.31. The molecule has 1 N–H and O–H groups in total. The number of aryl methyl sites for hydroxylation is 1. The summed E-state index contributed by atoms with van der Waals surface area (Å²) in [6.07, 6.45) is 4.58. The standard InChI is InChI=1S/C17H23N5O2/c1-4-13-6-5-8-18-15(13)16(23)21-9-7-17(24,11-21)14-10-22(12(2)3)20-19-14/h5-6,8,10,12,24H,4,7,9,11H2,1-3H3/t17-/m1/s1. The third kappa shape index (κ3) is 2.91. The lowest BCUT2D eigenvalue weighted by atomic mass is 10.00. The highest BCUT2D eigenvalue weighted by atomic mass is 16.3. The van der Waals surface area contributed by atoms with Crippen molar-refractivity contribution in [3.63, 3.8) is 0 Å². The molecule has 3 rings (SSSR count). The third-order valence-electron chi connectivity index (χ3n) is 4.53. The number of hydrogen-bond acceptors (Lipinski definition) is 5. The highest BCUT2D eigenvalue weighted by molar-refractivity contribution is 5.94. The number of likely N-dealkylation sites (tertiary alicyclic amines) is 1. The molecule has 0 radical (unpaired) electrons. The van der Waals surface area contributed by atoms with Crippen molar-refractivity contribution in [1.29, 1.82) is 0 Å². The summed E-state index contributed by atoms with van der Waals surface area (Å²) >= 11 is 0. The molecule has 7 nitrogen and oxygen atoms in total. The van der Waals surface area contributed by atoms with E-state index in [1.54, 1.807) is 22.0 Å². The first-order valence-corrected chi connectivity index (χ1v) is 8.32. The second kappa shape index (κ2) is 6.32. The Morgan fingerprint density at radius 2 is 2.25 bits per heavy atom. The van der Waals surface area contributed by atoms with Gasteiger partial charge in [-0.15, -0.1) is 5.10 Å². The molecule has 24 heavy (non-hydrogen) atoms. The molecular weight excluding hydrogens is 306 g/mol. The molecule has 0 bridgehead atoms. The molecule has 1 fully saturated rings. The third-order valence-corrected chi connectivity index (χ3v) is 4.53. The van der Waals surface area contributed by atoms with E-state index in [1.165, 1.54) is 0 Å². The van der Waals surface area contributed by atoms with Crippen LogP contribution in [0.5, 0.6) is 0 Å². The molecule has 1 aliphatic heterocycles. The lowest BCUT2D eigenvalue weighted by Gasteiger charge is -2.21. The number of β-amino-alcohol motifs (C(OH)–C–C–N with tert-alkyl or cyclic N) is 1. The van der Waals surface area contributed by atoms with Gasteiger partial charge >= 0.3 is 0 Å². The molecule has 1 saturated heterocycles. The predicted octanol–water partition coefficient (Wildman–Crippen LogP) is 1.55. The van der Waals surface area contributed by atoms with Crippen LogP contribution in [0.3, 0.4) is 0 Å². The Kier molecular flexibility index (Phi) is 4.36. The van der Waals surface area contributed by atoms with Crippen LogP contribution in [0.15, 0.2) is 24.5 Å². The van der Waals surface area contributed by atoms with Crippen LogP contribution < -0.4 is 0 Å². The van der Waals surface area contributed by atoms with Gasteiger partial charge in [0.05, 0.1) is 12.7 Å². The molecule has 1 atom stereocenters. The maximum absolute atomic E-state index is 12.8. The first-order valence-electron chi connectivity index (χ1n) is 8.32. The van der Waals surface area contributed by atoms with E-state index in [4.69, 9.17) is 0 Å². The van der Waals surface area contributed by atoms with Crippen molar-refractivity contribution in [2.75, 3.05) is 13.1 Å². The fourth-order valence-electron chi connectivity index (χ4n) is 2.98. The fourth-order valence-corrected chi connectivity index (χ4v) is 2.98.